The van der Waals surface area contributed by atoms with Crippen molar-refractivity contribution in [2.75, 3.05) is 13.2 Å². The minimum atomic E-state index is -0.592. The van der Waals surface area contributed by atoms with Crippen molar-refractivity contribution in [2.45, 2.75) is 19.4 Å². The maximum Gasteiger partial charge on any atom is 0.306 e. The van der Waals surface area contributed by atoms with E-state index in [1.165, 1.54) is 24.3 Å². The Kier molecular flexibility index (Phi) is 6.06. The van der Waals surface area contributed by atoms with Gasteiger partial charge in [0.1, 0.15) is 13.2 Å². The first-order valence-electron chi connectivity index (χ1n) is 9.65. The summed E-state index contributed by atoms with van der Waals surface area (Å²) in [6.07, 6.45) is -0.146. The van der Waals surface area contributed by atoms with E-state index < -0.39 is 10.9 Å². The Balaban J connectivity index is 1.26. The van der Waals surface area contributed by atoms with Crippen molar-refractivity contribution in [3.63, 3.8) is 0 Å². The number of carbonyl (C=O) groups is 2. The number of Topliss-reactive ketones (excluding diaryl/α,β-unsaturated/α-hetero) is 1. The molecule has 11 heteroatoms. The summed E-state index contributed by atoms with van der Waals surface area (Å²) in [6.45, 7) is 0.622. The molecule has 0 amide bonds. The molecule has 2 aromatic carbocycles. The van der Waals surface area contributed by atoms with Gasteiger partial charge in [-0.3, -0.25) is 19.7 Å². The van der Waals surface area contributed by atoms with Gasteiger partial charge in [-0.2, -0.15) is 4.98 Å². The van der Waals surface area contributed by atoms with Crippen LogP contribution in [-0.4, -0.2) is 40.0 Å². The number of rotatable bonds is 8. The van der Waals surface area contributed by atoms with Crippen molar-refractivity contribution < 1.29 is 33.2 Å². The fourth-order valence-corrected chi connectivity index (χ4v) is 2.95. The normalized spacial score (nSPS) is 12.2. The molecule has 0 spiro atoms. The molecule has 4 rings (SSSR count). The fraction of sp³-hybridized carbons (Fsp3) is 0.238. The van der Waals surface area contributed by atoms with E-state index in [0.717, 1.165) is 0 Å². The summed E-state index contributed by atoms with van der Waals surface area (Å²) >= 11 is 0. The van der Waals surface area contributed by atoms with Crippen LogP contribution in [-0.2, 0) is 16.1 Å². The summed E-state index contributed by atoms with van der Waals surface area (Å²) in [7, 11) is 0. The number of nitrogens with zero attached hydrogens (tertiary/aromatic N) is 3. The number of ether oxygens (including phenoxy) is 3. The Bertz CT molecular complexity index is 1160. The molecular weight excluding hydrogens is 422 g/mol. The first kappa shape index (κ1) is 21.0. The Labute approximate surface area is 181 Å². The van der Waals surface area contributed by atoms with Crippen LogP contribution in [0.25, 0.3) is 11.4 Å². The summed E-state index contributed by atoms with van der Waals surface area (Å²) in [5.41, 5.74) is 0.880. The van der Waals surface area contributed by atoms with Gasteiger partial charge in [0.05, 0.1) is 11.3 Å². The number of carbonyl (C=O) groups excluding carboxylic acids is 2. The summed E-state index contributed by atoms with van der Waals surface area (Å²) in [5.74, 6) is 0.539. The third-order valence-electron chi connectivity index (χ3n) is 4.58. The average molecular weight is 439 g/mol. The van der Waals surface area contributed by atoms with E-state index in [2.05, 4.69) is 10.1 Å². The highest BCUT2D eigenvalue weighted by atomic mass is 16.6. The van der Waals surface area contributed by atoms with Crippen LogP contribution in [0.4, 0.5) is 5.69 Å². The number of aromatic nitrogens is 2. The first-order chi connectivity index (χ1) is 15.5. The fourth-order valence-electron chi connectivity index (χ4n) is 2.95. The van der Waals surface area contributed by atoms with E-state index in [4.69, 9.17) is 18.7 Å². The van der Waals surface area contributed by atoms with E-state index in [0.29, 0.717) is 35.8 Å². The van der Waals surface area contributed by atoms with Crippen LogP contribution in [0.15, 0.2) is 47.0 Å². The lowest BCUT2D eigenvalue weighted by Crippen LogP contribution is -2.16. The molecule has 1 aliphatic rings. The molecule has 11 nitrogen and oxygen atoms in total. The number of ketones is 1. The SMILES string of the molecule is O=C(CCC(=O)c1ccc2c(c1)OCCO2)OCc1nc(-c2ccc([N+](=O)[O-])cc2)no1. The van der Waals surface area contributed by atoms with Crippen LogP contribution in [0.3, 0.4) is 0 Å². The third-order valence-corrected chi connectivity index (χ3v) is 4.58. The number of hydrogen-bond donors (Lipinski definition) is 0. The molecule has 0 unspecified atom stereocenters. The van der Waals surface area contributed by atoms with Crippen molar-refractivity contribution in [3.05, 3.63) is 64.0 Å². The van der Waals surface area contributed by atoms with E-state index in [1.54, 1.807) is 18.2 Å². The second-order valence-electron chi connectivity index (χ2n) is 6.76. The van der Waals surface area contributed by atoms with Crippen molar-refractivity contribution in [3.8, 4) is 22.9 Å². The second kappa shape index (κ2) is 9.25. The summed E-state index contributed by atoms with van der Waals surface area (Å²) in [6, 6.07) is 10.5. The maximum absolute atomic E-state index is 12.3. The molecule has 3 aromatic rings. The molecular formula is C21H17N3O8. The minimum absolute atomic E-state index is 0.0314. The quantitative estimate of drug-likeness (QED) is 0.222. The summed E-state index contributed by atoms with van der Waals surface area (Å²) in [5, 5.41) is 14.5. The number of hydrogen-bond acceptors (Lipinski definition) is 10. The van der Waals surface area contributed by atoms with Gasteiger partial charge in [0.25, 0.3) is 11.6 Å². The molecule has 0 N–H and O–H groups in total. The molecule has 0 radical (unpaired) electrons. The molecule has 0 atom stereocenters. The molecule has 0 bridgehead atoms. The van der Waals surface area contributed by atoms with Crippen LogP contribution < -0.4 is 9.47 Å². The highest BCUT2D eigenvalue weighted by Crippen LogP contribution is 2.31. The van der Waals surface area contributed by atoms with Gasteiger partial charge in [-0.25, -0.2) is 0 Å². The lowest BCUT2D eigenvalue weighted by atomic mass is 10.1. The Morgan fingerprint density at radius 1 is 1.03 bits per heavy atom. The van der Waals surface area contributed by atoms with Gasteiger partial charge in [-0.1, -0.05) is 5.16 Å². The molecule has 0 saturated carbocycles. The van der Waals surface area contributed by atoms with Crippen molar-refractivity contribution in [1.82, 2.24) is 10.1 Å². The first-order valence-corrected chi connectivity index (χ1v) is 9.65. The highest BCUT2D eigenvalue weighted by molar-refractivity contribution is 5.98. The Hall–Kier alpha value is -4.28. The number of nitro benzene ring substituents is 1. The number of benzene rings is 2. The Morgan fingerprint density at radius 3 is 2.53 bits per heavy atom. The number of esters is 1. The monoisotopic (exact) mass is 439 g/mol. The number of fused-ring (bicyclic) bond motifs is 1. The van der Waals surface area contributed by atoms with Gasteiger partial charge in [0.2, 0.25) is 5.82 Å². The van der Waals surface area contributed by atoms with Gasteiger partial charge in [0, 0.05) is 29.7 Å². The predicted octanol–water partition coefficient (Wildman–Crippen LogP) is 3.12. The lowest BCUT2D eigenvalue weighted by Gasteiger charge is -2.18. The molecule has 32 heavy (non-hydrogen) atoms. The van der Waals surface area contributed by atoms with Gasteiger partial charge >= 0.3 is 5.97 Å². The minimum Gasteiger partial charge on any atom is -0.486 e. The third kappa shape index (κ3) is 4.89. The highest BCUT2D eigenvalue weighted by Gasteiger charge is 2.17. The molecule has 2 heterocycles. The van der Waals surface area contributed by atoms with Crippen LogP contribution in [0.5, 0.6) is 11.5 Å². The summed E-state index contributed by atoms with van der Waals surface area (Å²) in [4.78, 5) is 38.6. The van der Waals surface area contributed by atoms with Crippen molar-refractivity contribution in [2.24, 2.45) is 0 Å². The zero-order chi connectivity index (χ0) is 22.5. The molecule has 1 aliphatic heterocycles. The van der Waals surface area contributed by atoms with Crippen molar-refractivity contribution >= 4 is 17.4 Å². The lowest BCUT2D eigenvalue weighted by molar-refractivity contribution is -0.384. The van der Waals surface area contributed by atoms with E-state index in [-0.39, 0.29) is 42.6 Å². The van der Waals surface area contributed by atoms with Gasteiger partial charge < -0.3 is 18.7 Å². The van der Waals surface area contributed by atoms with Crippen LogP contribution in [0.1, 0.15) is 29.1 Å². The smallest absolute Gasteiger partial charge is 0.306 e. The molecule has 164 valence electrons. The number of nitro groups is 1. The van der Waals surface area contributed by atoms with Crippen LogP contribution in [0.2, 0.25) is 0 Å². The van der Waals surface area contributed by atoms with Crippen molar-refractivity contribution in [1.29, 1.82) is 0 Å². The molecule has 0 saturated heterocycles. The van der Waals surface area contributed by atoms with Gasteiger partial charge in [-0.05, 0) is 30.3 Å². The van der Waals surface area contributed by atoms with Crippen LogP contribution >= 0.6 is 0 Å². The summed E-state index contributed by atoms with van der Waals surface area (Å²) < 4.78 is 21.0. The zero-order valence-corrected chi connectivity index (χ0v) is 16.7. The number of non-ortho nitro benzene ring substituents is 1. The van der Waals surface area contributed by atoms with E-state index >= 15 is 0 Å². The molecule has 0 aliphatic carbocycles. The molecule has 1 aromatic heterocycles. The van der Waals surface area contributed by atoms with E-state index in [9.17, 15) is 19.7 Å². The largest absolute Gasteiger partial charge is 0.486 e. The average Bonchev–Trinajstić information content (AvgIpc) is 3.30. The maximum atomic E-state index is 12.3. The van der Waals surface area contributed by atoms with Gasteiger partial charge in [-0.15, -0.1) is 0 Å². The second-order valence-corrected chi connectivity index (χ2v) is 6.76. The predicted molar refractivity (Wildman–Crippen MR) is 107 cm³/mol. The molecule has 0 fully saturated rings. The topological polar surface area (TPSA) is 144 Å². The van der Waals surface area contributed by atoms with E-state index in [1.807, 2.05) is 0 Å². The van der Waals surface area contributed by atoms with Crippen LogP contribution in [0, 0.1) is 10.1 Å². The van der Waals surface area contributed by atoms with Gasteiger partial charge in [0.15, 0.2) is 23.9 Å². The zero-order valence-electron chi connectivity index (χ0n) is 16.7. The Morgan fingerprint density at radius 2 is 1.78 bits per heavy atom. The standard InChI is InChI=1S/C21H17N3O8/c25-16(14-3-7-17-18(11-14)30-10-9-29-17)6-8-20(26)31-12-19-22-21(23-32-19)13-1-4-15(5-2-13)24(27)28/h1-5,7,11H,6,8-10,12H2.